The molecular formula is C3H10N2O2S. The van der Waals surface area contributed by atoms with Gasteiger partial charge in [-0.15, -0.1) is 0 Å². The Morgan fingerprint density at radius 2 is 2.12 bits per heavy atom. The van der Waals surface area contributed by atoms with Gasteiger partial charge in [0.25, 0.3) is 0 Å². The lowest BCUT2D eigenvalue weighted by molar-refractivity contribution is 0.588. The van der Waals surface area contributed by atoms with Gasteiger partial charge >= 0.3 is 0 Å². The van der Waals surface area contributed by atoms with Gasteiger partial charge in [-0.2, -0.15) is 0 Å². The Morgan fingerprint density at radius 1 is 1.62 bits per heavy atom. The highest BCUT2D eigenvalue weighted by Crippen LogP contribution is 1.75. The summed E-state index contributed by atoms with van der Waals surface area (Å²) < 4.78 is 23.0. The van der Waals surface area contributed by atoms with E-state index in [-0.39, 0.29) is 12.3 Å². The predicted octanol–water partition coefficient (Wildman–Crippen LogP) is -1.51. The fourth-order valence-electron chi connectivity index (χ4n) is 0.257. The number of sulfonamides is 1. The lowest BCUT2D eigenvalue weighted by Gasteiger charge is -1.95. The van der Waals surface area contributed by atoms with E-state index in [0.29, 0.717) is 0 Å². The van der Waals surface area contributed by atoms with Gasteiger partial charge in [0.05, 0.1) is 5.75 Å². The Morgan fingerprint density at radius 3 is 2.25 bits per heavy atom. The molecule has 0 saturated carbocycles. The molecule has 8 heavy (non-hydrogen) atoms. The van der Waals surface area contributed by atoms with Crippen molar-refractivity contribution in [3.8, 4) is 0 Å². The van der Waals surface area contributed by atoms with Crippen LogP contribution in [0.25, 0.3) is 0 Å². The van der Waals surface area contributed by atoms with Crippen LogP contribution in [0.2, 0.25) is 0 Å². The predicted molar refractivity (Wildman–Crippen MR) is 31.9 cm³/mol. The number of hydrogen-bond acceptors (Lipinski definition) is 3. The third kappa shape index (κ3) is 2.95. The van der Waals surface area contributed by atoms with Crippen molar-refractivity contribution in [2.75, 3.05) is 19.3 Å². The number of nitrogens with two attached hydrogens (primary N) is 1. The molecule has 0 radical (unpaired) electrons. The van der Waals surface area contributed by atoms with Crippen LogP contribution in [0.15, 0.2) is 0 Å². The van der Waals surface area contributed by atoms with Gasteiger partial charge in [0.15, 0.2) is 0 Å². The van der Waals surface area contributed by atoms with Crippen molar-refractivity contribution in [1.82, 2.24) is 4.72 Å². The first-order valence-electron chi connectivity index (χ1n) is 2.23. The van der Waals surface area contributed by atoms with E-state index in [1.807, 2.05) is 0 Å². The highest BCUT2D eigenvalue weighted by molar-refractivity contribution is 7.89. The molecule has 0 aromatic heterocycles. The molecule has 0 aliphatic carbocycles. The second-order valence-electron chi connectivity index (χ2n) is 1.31. The molecule has 0 atom stereocenters. The Kier molecular flexibility index (Phi) is 2.96. The molecule has 0 aromatic rings. The van der Waals surface area contributed by atoms with Crippen LogP contribution in [0, 0.1) is 0 Å². The van der Waals surface area contributed by atoms with Gasteiger partial charge in [0.2, 0.25) is 10.0 Å². The second-order valence-corrected chi connectivity index (χ2v) is 3.36. The average Bonchev–Trinajstić information content (AvgIpc) is 1.67. The summed E-state index contributed by atoms with van der Waals surface area (Å²) in [6, 6.07) is 0. The van der Waals surface area contributed by atoms with E-state index in [9.17, 15) is 8.42 Å². The topological polar surface area (TPSA) is 72.2 Å². The maximum Gasteiger partial charge on any atom is 0.212 e. The number of nitrogens with one attached hydrogen (secondary N) is 1. The minimum atomic E-state index is -3.04. The van der Waals surface area contributed by atoms with Crippen LogP contribution in [-0.4, -0.2) is 27.8 Å². The van der Waals surface area contributed by atoms with Gasteiger partial charge in [-0.1, -0.05) is 0 Å². The van der Waals surface area contributed by atoms with Crippen LogP contribution < -0.4 is 10.5 Å². The van der Waals surface area contributed by atoms with E-state index in [0.717, 1.165) is 0 Å². The van der Waals surface area contributed by atoms with Gasteiger partial charge in [-0.05, 0) is 7.05 Å². The monoisotopic (exact) mass is 138 g/mol. The van der Waals surface area contributed by atoms with Crippen LogP contribution >= 0.6 is 0 Å². The molecule has 0 saturated heterocycles. The van der Waals surface area contributed by atoms with Gasteiger partial charge in [0.1, 0.15) is 0 Å². The lowest BCUT2D eigenvalue weighted by atomic mass is 10.8. The van der Waals surface area contributed by atoms with Gasteiger partial charge < -0.3 is 5.73 Å². The molecule has 50 valence electrons. The minimum absolute atomic E-state index is 0.00347. The standard InChI is InChI=1S/C3H10N2O2S/c1-5-8(6,7)3-2-4/h5H,2-4H2,1H3. The summed E-state index contributed by atoms with van der Waals surface area (Å²) in [7, 11) is -1.68. The van der Waals surface area contributed by atoms with E-state index in [2.05, 4.69) is 4.72 Å². The second kappa shape index (κ2) is 3.01. The summed E-state index contributed by atoms with van der Waals surface area (Å²) in [4.78, 5) is 0. The SMILES string of the molecule is CNS(=O)(=O)CCN. The largest absolute Gasteiger partial charge is 0.329 e. The molecule has 0 heterocycles. The highest BCUT2D eigenvalue weighted by atomic mass is 32.2. The van der Waals surface area contributed by atoms with E-state index in [1.54, 1.807) is 0 Å². The molecule has 0 fully saturated rings. The fourth-order valence-corrected chi connectivity index (χ4v) is 0.772. The third-order valence-electron chi connectivity index (χ3n) is 0.698. The summed E-state index contributed by atoms with van der Waals surface area (Å²) >= 11 is 0. The van der Waals surface area contributed by atoms with Crippen molar-refractivity contribution in [3.63, 3.8) is 0 Å². The zero-order chi connectivity index (χ0) is 6.62. The quantitative estimate of drug-likeness (QED) is 0.498. The highest BCUT2D eigenvalue weighted by Gasteiger charge is 2.01. The van der Waals surface area contributed by atoms with Crippen LogP contribution in [-0.2, 0) is 10.0 Å². The summed E-state index contributed by atoms with van der Waals surface area (Å²) in [5, 5.41) is 0. The van der Waals surface area contributed by atoms with Crippen LogP contribution in [0.4, 0.5) is 0 Å². The van der Waals surface area contributed by atoms with Crippen LogP contribution in [0.1, 0.15) is 0 Å². The normalized spacial score (nSPS) is 11.8. The molecule has 0 unspecified atom stereocenters. The van der Waals surface area contributed by atoms with E-state index in [4.69, 9.17) is 5.73 Å². The summed E-state index contributed by atoms with van der Waals surface area (Å²) in [6.45, 7) is 0.170. The first kappa shape index (κ1) is 7.87. The van der Waals surface area contributed by atoms with E-state index in [1.165, 1.54) is 7.05 Å². The van der Waals surface area contributed by atoms with E-state index >= 15 is 0 Å². The Balaban J connectivity index is 3.76. The number of hydrogen-bond donors (Lipinski definition) is 2. The molecule has 4 nitrogen and oxygen atoms in total. The summed E-state index contributed by atoms with van der Waals surface area (Å²) in [5.41, 5.74) is 4.97. The summed E-state index contributed by atoms with van der Waals surface area (Å²) in [5.74, 6) is 0.00347. The van der Waals surface area contributed by atoms with Gasteiger partial charge in [-0.3, -0.25) is 0 Å². The molecule has 0 bridgehead atoms. The molecular weight excluding hydrogens is 128 g/mol. The van der Waals surface area contributed by atoms with Crippen molar-refractivity contribution in [2.24, 2.45) is 5.73 Å². The Bertz CT molecular complexity index is 139. The van der Waals surface area contributed by atoms with Crippen LogP contribution in [0.3, 0.4) is 0 Å². The fraction of sp³-hybridized carbons (Fsp3) is 1.00. The lowest BCUT2D eigenvalue weighted by Crippen LogP contribution is -2.26. The Labute approximate surface area is 49.1 Å². The molecule has 5 heteroatoms. The molecule has 0 aliphatic heterocycles. The van der Waals surface area contributed by atoms with Crippen molar-refractivity contribution >= 4 is 10.0 Å². The Hall–Kier alpha value is -0.130. The minimum Gasteiger partial charge on any atom is -0.329 e. The van der Waals surface area contributed by atoms with Gasteiger partial charge in [-0.25, -0.2) is 13.1 Å². The maximum atomic E-state index is 10.4. The van der Waals surface area contributed by atoms with Crippen molar-refractivity contribution in [2.45, 2.75) is 0 Å². The van der Waals surface area contributed by atoms with Crippen molar-refractivity contribution in [3.05, 3.63) is 0 Å². The van der Waals surface area contributed by atoms with Gasteiger partial charge in [0, 0.05) is 6.54 Å². The molecule has 0 spiro atoms. The average molecular weight is 138 g/mol. The first-order chi connectivity index (χ1) is 3.62. The molecule has 0 rings (SSSR count). The zero-order valence-corrected chi connectivity index (χ0v) is 5.53. The van der Waals surface area contributed by atoms with Crippen molar-refractivity contribution < 1.29 is 8.42 Å². The van der Waals surface area contributed by atoms with Crippen LogP contribution in [0.5, 0.6) is 0 Å². The molecule has 0 aromatic carbocycles. The smallest absolute Gasteiger partial charge is 0.212 e. The first-order valence-corrected chi connectivity index (χ1v) is 3.89. The third-order valence-corrected chi connectivity index (χ3v) is 2.09. The van der Waals surface area contributed by atoms with E-state index < -0.39 is 10.0 Å². The zero-order valence-electron chi connectivity index (χ0n) is 4.72. The van der Waals surface area contributed by atoms with Crippen molar-refractivity contribution in [1.29, 1.82) is 0 Å². The maximum absolute atomic E-state index is 10.4. The molecule has 3 N–H and O–H groups in total. The number of rotatable bonds is 3. The molecule has 0 amide bonds. The molecule has 0 aliphatic rings. The summed E-state index contributed by atoms with van der Waals surface area (Å²) in [6.07, 6.45) is 0.